The molecule has 0 saturated heterocycles. The zero-order chi connectivity index (χ0) is 13.7. The molecule has 1 aromatic heterocycles. The Kier molecular flexibility index (Phi) is 4.96. The van der Waals surface area contributed by atoms with Crippen molar-refractivity contribution in [2.45, 2.75) is 13.5 Å². The van der Waals surface area contributed by atoms with E-state index in [4.69, 9.17) is 11.6 Å². The van der Waals surface area contributed by atoms with E-state index < -0.39 is 0 Å². The van der Waals surface area contributed by atoms with Crippen LogP contribution in [-0.2, 0) is 11.3 Å². The number of carbonyl (C=O) groups excluding carboxylic acids is 1. The van der Waals surface area contributed by atoms with Gasteiger partial charge in [-0.05, 0) is 42.1 Å². The first-order chi connectivity index (χ1) is 9.15. The van der Waals surface area contributed by atoms with Crippen LogP contribution in [0.4, 0.5) is 5.69 Å². The lowest BCUT2D eigenvalue weighted by Crippen LogP contribution is -2.27. The first-order valence-corrected chi connectivity index (χ1v) is 7.20. The van der Waals surface area contributed by atoms with E-state index in [1.807, 2.05) is 6.07 Å². The minimum atomic E-state index is -0.0727. The van der Waals surface area contributed by atoms with Crippen LogP contribution in [0.5, 0.6) is 0 Å². The molecule has 5 heteroatoms. The van der Waals surface area contributed by atoms with Crippen molar-refractivity contribution >= 4 is 34.5 Å². The quantitative estimate of drug-likeness (QED) is 0.887. The number of rotatable bonds is 5. The first-order valence-electron chi connectivity index (χ1n) is 5.94. The molecule has 2 N–H and O–H groups in total. The molecule has 0 unspecified atom stereocenters. The van der Waals surface area contributed by atoms with Gasteiger partial charge in [-0.3, -0.25) is 4.79 Å². The molecule has 100 valence electrons. The second-order valence-corrected chi connectivity index (χ2v) is 5.63. The molecule has 3 nitrogen and oxygen atoms in total. The first kappa shape index (κ1) is 14.1. The van der Waals surface area contributed by atoms with Crippen molar-refractivity contribution in [2.75, 3.05) is 11.9 Å². The number of amides is 1. The Morgan fingerprint density at radius 2 is 2.21 bits per heavy atom. The lowest BCUT2D eigenvalue weighted by Gasteiger charge is -2.06. The molecule has 0 atom stereocenters. The molecule has 19 heavy (non-hydrogen) atoms. The van der Waals surface area contributed by atoms with E-state index in [9.17, 15) is 4.79 Å². The Bertz CT molecular complexity index is 568. The van der Waals surface area contributed by atoms with Gasteiger partial charge in [0.1, 0.15) is 0 Å². The number of benzene rings is 1. The molecule has 0 aliphatic rings. The van der Waals surface area contributed by atoms with Gasteiger partial charge in [-0.1, -0.05) is 17.7 Å². The molecule has 0 spiro atoms. The molecule has 1 amide bonds. The molecular formula is C14H15ClN2OS. The van der Waals surface area contributed by atoms with Gasteiger partial charge >= 0.3 is 0 Å². The monoisotopic (exact) mass is 294 g/mol. The Morgan fingerprint density at radius 1 is 1.37 bits per heavy atom. The van der Waals surface area contributed by atoms with Crippen LogP contribution >= 0.6 is 22.9 Å². The van der Waals surface area contributed by atoms with Crippen molar-refractivity contribution < 1.29 is 4.79 Å². The van der Waals surface area contributed by atoms with Crippen molar-refractivity contribution in [2.24, 2.45) is 0 Å². The number of hydrogen-bond donors (Lipinski definition) is 2. The maximum absolute atomic E-state index is 11.7. The van der Waals surface area contributed by atoms with Crippen molar-refractivity contribution in [3.63, 3.8) is 0 Å². The van der Waals surface area contributed by atoms with Gasteiger partial charge in [-0.2, -0.15) is 0 Å². The molecule has 1 heterocycles. The third-order valence-electron chi connectivity index (χ3n) is 2.65. The second-order valence-electron chi connectivity index (χ2n) is 4.19. The fourth-order valence-corrected chi connectivity index (χ4v) is 2.71. The molecule has 0 fully saturated rings. The van der Waals surface area contributed by atoms with Gasteiger partial charge in [-0.25, -0.2) is 0 Å². The van der Waals surface area contributed by atoms with E-state index in [1.54, 1.807) is 29.5 Å². The zero-order valence-corrected chi connectivity index (χ0v) is 12.1. The van der Waals surface area contributed by atoms with Crippen LogP contribution in [0.1, 0.15) is 10.4 Å². The Labute approximate surface area is 121 Å². The van der Waals surface area contributed by atoms with E-state index in [0.717, 1.165) is 0 Å². The number of hydrogen-bond acceptors (Lipinski definition) is 3. The maximum Gasteiger partial charge on any atom is 0.238 e. The highest BCUT2D eigenvalue weighted by Crippen LogP contribution is 2.15. The van der Waals surface area contributed by atoms with E-state index in [2.05, 4.69) is 29.0 Å². The highest BCUT2D eigenvalue weighted by atomic mass is 35.5. The molecule has 1 aromatic carbocycles. The standard InChI is InChI=1S/C14H15ClN2OS/c1-10-5-6-19-13(10)8-16-9-14(18)17-12-4-2-3-11(15)7-12/h2-7,16H,8-9H2,1H3,(H,17,18). The van der Waals surface area contributed by atoms with Crippen LogP contribution in [0.3, 0.4) is 0 Å². The smallest absolute Gasteiger partial charge is 0.238 e. The topological polar surface area (TPSA) is 41.1 Å². The van der Waals surface area contributed by atoms with Crippen molar-refractivity contribution in [1.82, 2.24) is 5.32 Å². The zero-order valence-electron chi connectivity index (χ0n) is 10.6. The van der Waals surface area contributed by atoms with Gasteiger partial charge in [0.25, 0.3) is 0 Å². The van der Waals surface area contributed by atoms with Crippen LogP contribution in [0, 0.1) is 6.92 Å². The maximum atomic E-state index is 11.7. The largest absolute Gasteiger partial charge is 0.325 e. The molecular weight excluding hydrogens is 280 g/mol. The number of anilines is 1. The number of nitrogens with one attached hydrogen (secondary N) is 2. The summed E-state index contributed by atoms with van der Waals surface area (Å²) in [7, 11) is 0. The third kappa shape index (κ3) is 4.35. The summed E-state index contributed by atoms with van der Waals surface area (Å²) < 4.78 is 0. The van der Waals surface area contributed by atoms with Crippen molar-refractivity contribution in [3.8, 4) is 0 Å². The molecule has 0 aliphatic heterocycles. The summed E-state index contributed by atoms with van der Waals surface area (Å²) in [5.41, 5.74) is 1.97. The van der Waals surface area contributed by atoms with Crippen LogP contribution in [0.25, 0.3) is 0 Å². The van der Waals surface area contributed by atoms with Crippen molar-refractivity contribution in [3.05, 3.63) is 51.2 Å². The van der Waals surface area contributed by atoms with Crippen LogP contribution in [-0.4, -0.2) is 12.5 Å². The fraction of sp³-hybridized carbons (Fsp3) is 0.214. The van der Waals surface area contributed by atoms with E-state index in [-0.39, 0.29) is 12.5 Å². The van der Waals surface area contributed by atoms with Crippen molar-refractivity contribution in [1.29, 1.82) is 0 Å². The number of aryl methyl sites for hydroxylation is 1. The summed E-state index contributed by atoms with van der Waals surface area (Å²) in [6.45, 7) is 3.07. The minimum absolute atomic E-state index is 0.0727. The summed E-state index contributed by atoms with van der Waals surface area (Å²) in [6, 6.07) is 9.19. The van der Waals surface area contributed by atoms with Crippen LogP contribution < -0.4 is 10.6 Å². The average molecular weight is 295 g/mol. The SMILES string of the molecule is Cc1ccsc1CNCC(=O)Nc1cccc(Cl)c1. The van der Waals surface area contributed by atoms with Gasteiger partial charge in [-0.15, -0.1) is 11.3 Å². The average Bonchev–Trinajstić information content (AvgIpc) is 2.75. The van der Waals surface area contributed by atoms with Gasteiger partial charge in [0.15, 0.2) is 0 Å². The van der Waals surface area contributed by atoms with Crippen LogP contribution in [0.2, 0.25) is 5.02 Å². The number of thiophene rings is 1. The molecule has 0 aliphatic carbocycles. The summed E-state index contributed by atoms with van der Waals surface area (Å²) in [6.07, 6.45) is 0. The van der Waals surface area contributed by atoms with E-state index >= 15 is 0 Å². The lowest BCUT2D eigenvalue weighted by molar-refractivity contribution is -0.115. The normalized spacial score (nSPS) is 10.4. The van der Waals surface area contributed by atoms with Crippen LogP contribution in [0.15, 0.2) is 35.7 Å². The summed E-state index contributed by atoms with van der Waals surface area (Å²) in [4.78, 5) is 13.0. The summed E-state index contributed by atoms with van der Waals surface area (Å²) in [5.74, 6) is -0.0727. The molecule has 0 bridgehead atoms. The minimum Gasteiger partial charge on any atom is -0.325 e. The van der Waals surface area contributed by atoms with E-state index in [0.29, 0.717) is 17.3 Å². The highest BCUT2D eigenvalue weighted by molar-refractivity contribution is 7.10. The summed E-state index contributed by atoms with van der Waals surface area (Å²) in [5, 5.41) is 8.59. The number of halogens is 1. The Morgan fingerprint density at radius 3 is 2.89 bits per heavy atom. The highest BCUT2D eigenvalue weighted by Gasteiger charge is 2.04. The third-order valence-corrected chi connectivity index (χ3v) is 3.91. The predicted molar refractivity (Wildman–Crippen MR) is 80.8 cm³/mol. The molecule has 2 rings (SSSR count). The Hall–Kier alpha value is -1.36. The fourth-order valence-electron chi connectivity index (χ4n) is 1.65. The van der Waals surface area contributed by atoms with Gasteiger partial charge < -0.3 is 10.6 Å². The predicted octanol–water partition coefficient (Wildman–Crippen LogP) is 3.44. The second kappa shape index (κ2) is 6.70. The van der Waals surface area contributed by atoms with Gasteiger partial charge in [0.2, 0.25) is 5.91 Å². The lowest BCUT2D eigenvalue weighted by atomic mass is 10.3. The van der Waals surface area contributed by atoms with Gasteiger partial charge in [0.05, 0.1) is 6.54 Å². The number of carbonyl (C=O) groups is 1. The van der Waals surface area contributed by atoms with E-state index in [1.165, 1.54) is 10.4 Å². The molecule has 0 radical (unpaired) electrons. The Balaban J connectivity index is 1.77. The molecule has 2 aromatic rings. The molecule has 0 saturated carbocycles. The summed E-state index contributed by atoms with van der Waals surface area (Å²) >= 11 is 7.55. The van der Waals surface area contributed by atoms with Gasteiger partial charge in [0, 0.05) is 22.1 Å².